The molecule has 0 aliphatic heterocycles. The molecular weight excluding hydrogens is 705 g/mol. The second kappa shape index (κ2) is 11.8. The van der Waals surface area contributed by atoms with E-state index in [1.165, 1.54) is 81.9 Å². The van der Waals surface area contributed by atoms with Gasteiger partial charge in [-0.3, -0.25) is 4.57 Å². The molecule has 13 aromatic rings. The average Bonchev–Trinajstić information content (AvgIpc) is 3.93. The van der Waals surface area contributed by atoms with Gasteiger partial charge in [0, 0.05) is 43.3 Å². The van der Waals surface area contributed by atoms with Crippen LogP contribution >= 0.6 is 0 Å². The Morgan fingerprint density at radius 2 is 0.862 bits per heavy atom. The maximum Gasteiger partial charge on any atom is 0.235 e. The zero-order chi connectivity index (χ0) is 37.9. The molecule has 0 spiro atoms. The Labute approximate surface area is 332 Å². The first kappa shape index (κ1) is 31.4. The summed E-state index contributed by atoms with van der Waals surface area (Å²) in [7, 11) is 0. The Morgan fingerprint density at radius 1 is 0.328 bits per heavy atom. The van der Waals surface area contributed by atoms with Crippen LogP contribution in [0.5, 0.6) is 0 Å². The molecular formula is C54H32N4. The number of para-hydroxylation sites is 3. The van der Waals surface area contributed by atoms with Gasteiger partial charge in [0.25, 0.3) is 0 Å². The molecule has 0 bridgehead atoms. The predicted molar refractivity (Wildman–Crippen MR) is 242 cm³/mol. The molecule has 9 aromatic carbocycles. The van der Waals surface area contributed by atoms with E-state index in [2.05, 4.69) is 203 Å². The molecule has 0 unspecified atom stereocenters. The van der Waals surface area contributed by atoms with Gasteiger partial charge in [-0.05, 0) is 81.6 Å². The highest BCUT2D eigenvalue weighted by molar-refractivity contribution is 6.24. The third-order valence-electron chi connectivity index (χ3n) is 12.3. The molecule has 4 heterocycles. The number of hydrogen-bond acceptors (Lipinski definition) is 2. The van der Waals surface area contributed by atoms with Crippen molar-refractivity contribution in [3.05, 3.63) is 194 Å². The van der Waals surface area contributed by atoms with Crippen LogP contribution in [0.1, 0.15) is 0 Å². The first-order chi connectivity index (χ1) is 28.8. The summed E-state index contributed by atoms with van der Waals surface area (Å²) in [4.78, 5) is 10.6. The highest BCUT2D eigenvalue weighted by Gasteiger charge is 2.21. The van der Waals surface area contributed by atoms with E-state index in [1.807, 2.05) is 0 Å². The van der Waals surface area contributed by atoms with Crippen molar-refractivity contribution in [3.63, 3.8) is 0 Å². The minimum Gasteiger partial charge on any atom is -0.308 e. The molecule has 0 fully saturated rings. The van der Waals surface area contributed by atoms with Gasteiger partial charge in [0.2, 0.25) is 5.95 Å². The summed E-state index contributed by atoms with van der Waals surface area (Å²) in [6.45, 7) is 0. The third kappa shape index (κ3) is 4.40. The second-order valence-corrected chi connectivity index (χ2v) is 15.4. The minimum absolute atomic E-state index is 0.663. The first-order valence-corrected chi connectivity index (χ1v) is 19.8. The standard InChI is InChI=1S/C54H32N4/c1-2-12-33(13-3-1)35-24-27-49-45(30-35)41-20-11-21-42-46-32-37(25-28-50(46)57(49)53(41)42)36-26-29-51-44(31-36)39-17-7-9-23-48(39)58(51)54-55-47-22-8-6-18-43(47)52(56-54)40-19-10-15-34-14-4-5-16-38(34)40/h1-32H. The van der Waals surface area contributed by atoms with E-state index in [9.17, 15) is 0 Å². The molecule has 4 aromatic heterocycles. The van der Waals surface area contributed by atoms with Gasteiger partial charge in [-0.25, -0.2) is 9.97 Å². The fourth-order valence-corrected chi connectivity index (χ4v) is 9.64. The normalized spacial score (nSPS) is 12.1. The van der Waals surface area contributed by atoms with Gasteiger partial charge in [-0.15, -0.1) is 0 Å². The highest BCUT2D eigenvalue weighted by Crippen LogP contribution is 2.42. The van der Waals surface area contributed by atoms with Gasteiger partial charge in [-0.1, -0.05) is 146 Å². The molecule has 4 heteroatoms. The molecule has 0 atom stereocenters. The molecule has 0 saturated heterocycles. The van der Waals surface area contributed by atoms with Crippen LogP contribution < -0.4 is 0 Å². The summed E-state index contributed by atoms with van der Waals surface area (Å²) in [5, 5.41) is 10.9. The molecule has 0 aliphatic rings. The van der Waals surface area contributed by atoms with Crippen LogP contribution in [0.25, 0.3) is 121 Å². The highest BCUT2D eigenvalue weighted by atomic mass is 15.2. The largest absolute Gasteiger partial charge is 0.308 e. The summed E-state index contributed by atoms with van der Waals surface area (Å²) >= 11 is 0. The summed E-state index contributed by atoms with van der Waals surface area (Å²) in [5.41, 5.74) is 13.7. The van der Waals surface area contributed by atoms with Crippen LogP contribution in [0.15, 0.2) is 194 Å². The van der Waals surface area contributed by atoms with Crippen molar-refractivity contribution < 1.29 is 0 Å². The lowest BCUT2D eigenvalue weighted by molar-refractivity contribution is 1.01. The number of aromatic nitrogens is 4. The van der Waals surface area contributed by atoms with Gasteiger partial charge in [0.1, 0.15) is 0 Å². The van der Waals surface area contributed by atoms with E-state index in [-0.39, 0.29) is 0 Å². The SMILES string of the molecule is c1ccc(-c2ccc3c(c2)c2cccc4c5cc(-c6ccc7c(c6)c6ccccc6n7-c6nc(-c7cccc8ccccc78)c7ccccc7n6)ccc5n3c24)cc1. The quantitative estimate of drug-likeness (QED) is 0.180. The van der Waals surface area contributed by atoms with Crippen LogP contribution in [0.3, 0.4) is 0 Å². The maximum absolute atomic E-state index is 5.41. The Kier molecular flexibility index (Phi) is 6.41. The molecule has 0 saturated carbocycles. The zero-order valence-electron chi connectivity index (χ0n) is 31.3. The van der Waals surface area contributed by atoms with Gasteiger partial charge in [0.15, 0.2) is 0 Å². The van der Waals surface area contributed by atoms with Crippen molar-refractivity contribution in [2.75, 3.05) is 0 Å². The fraction of sp³-hybridized carbons (Fsp3) is 0. The number of benzene rings is 9. The Morgan fingerprint density at radius 3 is 1.62 bits per heavy atom. The monoisotopic (exact) mass is 736 g/mol. The average molecular weight is 737 g/mol. The smallest absolute Gasteiger partial charge is 0.235 e. The number of fused-ring (bicyclic) bond motifs is 11. The number of rotatable bonds is 4. The molecule has 13 rings (SSSR count). The lowest BCUT2D eigenvalue weighted by atomic mass is 9.99. The van der Waals surface area contributed by atoms with Crippen molar-refractivity contribution in [3.8, 4) is 39.5 Å². The van der Waals surface area contributed by atoms with Gasteiger partial charge in [-0.2, -0.15) is 0 Å². The van der Waals surface area contributed by atoms with E-state index in [0.717, 1.165) is 33.2 Å². The summed E-state index contributed by atoms with van der Waals surface area (Å²) < 4.78 is 4.70. The van der Waals surface area contributed by atoms with E-state index in [0.29, 0.717) is 5.95 Å². The lowest BCUT2D eigenvalue weighted by Gasteiger charge is -2.13. The maximum atomic E-state index is 5.41. The summed E-state index contributed by atoms with van der Waals surface area (Å²) in [6.07, 6.45) is 0. The van der Waals surface area contributed by atoms with Crippen molar-refractivity contribution >= 4 is 81.6 Å². The van der Waals surface area contributed by atoms with Gasteiger partial charge >= 0.3 is 0 Å². The first-order valence-electron chi connectivity index (χ1n) is 19.8. The topological polar surface area (TPSA) is 35.1 Å². The van der Waals surface area contributed by atoms with Gasteiger partial charge < -0.3 is 4.40 Å². The van der Waals surface area contributed by atoms with Crippen LogP contribution in [0.4, 0.5) is 0 Å². The Hall–Kier alpha value is -7.82. The van der Waals surface area contributed by atoms with Crippen molar-refractivity contribution in [1.29, 1.82) is 0 Å². The van der Waals surface area contributed by atoms with E-state index >= 15 is 0 Å². The molecule has 0 aliphatic carbocycles. The Bertz CT molecular complexity index is 3790. The van der Waals surface area contributed by atoms with Crippen molar-refractivity contribution in [2.45, 2.75) is 0 Å². The molecule has 0 amide bonds. The van der Waals surface area contributed by atoms with Crippen LogP contribution in [-0.4, -0.2) is 18.9 Å². The summed E-state index contributed by atoms with van der Waals surface area (Å²) in [5.74, 6) is 0.663. The third-order valence-corrected chi connectivity index (χ3v) is 12.3. The minimum atomic E-state index is 0.663. The predicted octanol–water partition coefficient (Wildman–Crippen LogP) is 14.0. The van der Waals surface area contributed by atoms with Crippen molar-refractivity contribution in [1.82, 2.24) is 18.9 Å². The zero-order valence-corrected chi connectivity index (χ0v) is 31.3. The molecule has 4 nitrogen and oxygen atoms in total. The van der Waals surface area contributed by atoms with Gasteiger partial charge in [0.05, 0.1) is 38.8 Å². The van der Waals surface area contributed by atoms with E-state index < -0.39 is 0 Å². The van der Waals surface area contributed by atoms with E-state index in [4.69, 9.17) is 9.97 Å². The molecule has 58 heavy (non-hydrogen) atoms. The van der Waals surface area contributed by atoms with Crippen LogP contribution in [0, 0.1) is 0 Å². The lowest BCUT2D eigenvalue weighted by Crippen LogP contribution is -2.03. The summed E-state index contributed by atoms with van der Waals surface area (Å²) in [6, 6.07) is 70.1. The number of nitrogens with zero attached hydrogens (tertiary/aromatic N) is 4. The van der Waals surface area contributed by atoms with Crippen LogP contribution in [-0.2, 0) is 0 Å². The molecule has 0 N–H and O–H groups in total. The van der Waals surface area contributed by atoms with Crippen molar-refractivity contribution in [2.24, 2.45) is 0 Å². The molecule has 0 radical (unpaired) electrons. The van der Waals surface area contributed by atoms with E-state index in [1.54, 1.807) is 0 Å². The fourth-order valence-electron chi connectivity index (χ4n) is 9.64. The van der Waals surface area contributed by atoms with Crippen LogP contribution in [0.2, 0.25) is 0 Å². The Balaban J connectivity index is 0.988. The molecule has 268 valence electrons. The second-order valence-electron chi connectivity index (χ2n) is 15.4. The number of hydrogen-bond donors (Lipinski definition) is 0.